The van der Waals surface area contributed by atoms with Gasteiger partial charge in [-0.15, -0.1) is 0 Å². The van der Waals surface area contributed by atoms with Crippen LogP contribution in [0.15, 0.2) is 54.6 Å². The molecule has 2 aromatic carbocycles. The van der Waals surface area contributed by atoms with Crippen molar-refractivity contribution in [1.29, 1.82) is 0 Å². The molecule has 0 atom stereocenters. The van der Waals surface area contributed by atoms with Gasteiger partial charge >= 0.3 is 0 Å². The molecule has 0 aliphatic rings. The average molecular weight is 309 g/mol. The molecule has 2 aromatic rings. The molecule has 0 N–H and O–H groups in total. The molecule has 0 aliphatic carbocycles. The van der Waals surface area contributed by atoms with Gasteiger partial charge < -0.3 is 0 Å². The van der Waals surface area contributed by atoms with E-state index in [-0.39, 0.29) is 11.5 Å². The zero-order valence-corrected chi connectivity index (χ0v) is 12.7. The Morgan fingerprint density at radius 3 is 2.25 bits per heavy atom. The van der Waals surface area contributed by atoms with E-state index in [2.05, 4.69) is 0 Å². The molecule has 4 heteroatoms. The SMILES string of the molecule is O=S(=O)(CCCc1ccccc1)Cc1ccccc1Cl. The van der Waals surface area contributed by atoms with E-state index in [1.54, 1.807) is 24.3 Å². The first-order valence-electron chi connectivity index (χ1n) is 6.54. The number of sulfone groups is 1. The van der Waals surface area contributed by atoms with Gasteiger partial charge in [-0.25, -0.2) is 8.42 Å². The summed E-state index contributed by atoms with van der Waals surface area (Å²) in [6, 6.07) is 17.0. The third kappa shape index (κ3) is 4.66. The fraction of sp³-hybridized carbons (Fsp3) is 0.250. The molecule has 0 bridgehead atoms. The molecule has 20 heavy (non-hydrogen) atoms. The second-order valence-electron chi connectivity index (χ2n) is 4.77. The molecule has 0 heterocycles. The van der Waals surface area contributed by atoms with E-state index in [1.165, 1.54) is 5.56 Å². The van der Waals surface area contributed by atoms with Crippen molar-refractivity contribution in [2.45, 2.75) is 18.6 Å². The number of aryl methyl sites for hydroxylation is 1. The first kappa shape index (κ1) is 15.1. The zero-order valence-electron chi connectivity index (χ0n) is 11.1. The minimum absolute atomic E-state index is 0.0153. The fourth-order valence-corrected chi connectivity index (χ4v) is 3.80. The van der Waals surface area contributed by atoms with Gasteiger partial charge in [0.25, 0.3) is 0 Å². The second kappa shape index (κ2) is 6.91. The predicted octanol–water partition coefficient (Wildman–Crippen LogP) is 3.89. The maximum Gasteiger partial charge on any atom is 0.154 e. The normalized spacial score (nSPS) is 11.4. The molecule has 2 rings (SSSR count). The van der Waals surface area contributed by atoms with Gasteiger partial charge in [0.15, 0.2) is 9.84 Å². The maximum absolute atomic E-state index is 12.1. The molecule has 0 aromatic heterocycles. The van der Waals surface area contributed by atoms with Crippen LogP contribution in [0.5, 0.6) is 0 Å². The number of halogens is 1. The Bertz CT molecular complexity index is 651. The van der Waals surface area contributed by atoms with Gasteiger partial charge in [-0.1, -0.05) is 60.1 Å². The van der Waals surface area contributed by atoms with Crippen LogP contribution < -0.4 is 0 Å². The Kier molecular flexibility index (Phi) is 5.21. The van der Waals surface area contributed by atoms with Crippen molar-refractivity contribution in [2.75, 3.05) is 5.75 Å². The highest BCUT2D eigenvalue weighted by Crippen LogP contribution is 2.18. The third-order valence-electron chi connectivity index (χ3n) is 3.10. The summed E-state index contributed by atoms with van der Waals surface area (Å²) in [5.74, 6) is 0.203. The summed E-state index contributed by atoms with van der Waals surface area (Å²) in [6.45, 7) is 0. The van der Waals surface area contributed by atoms with Crippen molar-refractivity contribution in [2.24, 2.45) is 0 Å². The van der Waals surface area contributed by atoms with Crippen LogP contribution in [-0.2, 0) is 22.0 Å². The van der Waals surface area contributed by atoms with Gasteiger partial charge in [-0.05, 0) is 30.0 Å². The summed E-state index contributed by atoms with van der Waals surface area (Å²) in [7, 11) is -3.11. The molecule has 0 saturated carbocycles. The van der Waals surface area contributed by atoms with Crippen LogP contribution in [0.2, 0.25) is 5.02 Å². The molecule has 106 valence electrons. The van der Waals surface area contributed by atoms with Crippen molar-refractivity contribution in [1.82, 2.24) is 0 Å². The van der Waals surface area contributed by atoms with E-state index in [0.29, 0.717) is 17.0 Å². The van der Waals surface area contributed by atoms with Gasteiger partial charge in [0, 0.05) is 5.02 Å². The molecule has 0 unspecified atom stereocenters. The molecular weight excluding hydrogens is 292 g/mol. The lowest BCUT2D eigenvalue weighted by Crippen LogP contribution is -2.10. The molecule has 0 aliphatic heterocycles. The Hall–Kier alpha value is -1.32. The Morgan fingerprint density at radius 2 is 1.55 bits per heavy atom. The van der Waals surface area contributed by atoms with E-state index in [0.717, 1.165) is 6.42 Å². The molecule has 0 radical (unpaired) electrons. The third-order valence-corrected chi connectivity index (χ3v) is 5.13. The van der Waals surface area contributed by atoms with E-state index < -0.39 is 9.84 Å². The highest BCUT2D eigenvalue weighted by atomic mass is 35.5. The Labute approximate surface area is 125 Å². The molecule has 0 amide bonds. The van der Waals surface area contributed by atoms with Crippen LogP contribution in [0, 0.1) is 0 Å². The van der Waals surface area contributed by atoms with Crippen LogP contribution in [0.1, 0.15) is 17.5 Å². The maximum atomic E-state index is 12.1. The first-order valence-corrected chi connectivity index (χ1v) is 8.74. The average Bonchev–Trinajstić information content (AvgIpc) is 2.42. The van der Waals surface area contributed by atoms with Gasteiger partial charge in [0.05, 0.1) is 11.5 Å². The minimum atomic E-state index is -3.11. The van der Waals surface area contributed by atoms with Crippen LogP contribution in [0.4, 0.5) is 0 Å². The summed E-state index contributed by atoms with van der Waals surface area (Å²) in [5, 5.41) is 0.513. The van der Waals surface area contributed by atoms with Crippen molar-refractivity contribution in [3.05, 3.63) is 70.7 Å². The zero-order chi connectivity index (χ0) is 14.4. The van der Waals surface area contributed by atoms with E-state index in [1.807, 2.05) is 30.3 Å². The number of rotatable bonds is 6. The number of hydrogen-bond acceptors (Lipinski definition) is 2. The van der Waals surface area contributed by atoms with E-state index in [9.17, 15) is 8.42 Å². The lowest BCUT2D eigenvalue weighted by atomic mass is 10.1. The monoisotopic (exact) mass is 308 g/mol. The summed E-state index contributed by atoms with van der Waals surface area (Å²) in [6.07, 6.45) is 1.42. The summed E-state index contributed by atoms with van der Waals surface area (Å²) >= 11 is 6.00. The highest BCUT2D eigenvalue weighted by Gasteiger charge is 2.13. The van der Waals surface area contributed by atoms with Gasteiger partial charge in [-0.3, -0.25) is 0 Å². The minimum Gasteiger partial charge on any atom is -0.228 e. The van der Waals surface area contributed by atoms with Crippen LogP contribution in [-0.4, -0.2) is 14.2 Å². The van der Waals surface area contributed by atoms with Gasteiger partial charge in [0.2, 0.25) is 0 Å². The number of benzene rings is 2. The quantitative estimate of drug-likeness (QED) is 0.811. The van der Waals surface area contributed by atoms with Crippen molar-refractivity contribution in [3.8, 4) is 0 Å². The standard InChI is InChI=1S/C16H17ClO2S/c17-16-11-5-4-10-15(16)13-20(18,19)12-6-9-14-7-2-1-3-8-14/h1-5,7-8,10-11H,6,9,12-13H2. The van der Waals surface area contributed by atoms with Crippen LogP contribution in [0.3, 0.4) is 0 Å². The van der Waals surface area contributed by atoms with E-state index >= 15 is 0 Å². The first-order chi connectivity index (χ1) is 9.57. The smallest absolute Gasteiger partial charge is 0.154 e. The Balaban J connectivity index is 1.90. The molecule has 2 nitrogen and oxygen atoms in total. The van der Waals surface area contributed by atoms with Crippen molar-refractivity contribution < 1.29 is 8.42 Å². The summed E-state index contributed by atoms with van der Waals surface area (Å²) < 4.78 is 24.2. The summed E-state index contributed by atoms with van der Waals surface area (Å²) in [5.41, 5.74) is 1.84. The molecule has 0 fully saturated rings. The molecule has 0 spiro atoms. The Morgan fingerprint density at radius 1 is 0.900 bits per heavy atom. The second-order valence-corrected chi connectivity index (χ2v) is 7.36. The highest BCUT2D eigenvalue weighted by molar-refractivity contribution is 7.90. The van der Waals surface area contributed by atoms with Crippen molar-refractivity contribution in [3.63, 3.8) is 0 Å². The lowest BCUT2D eigenvalue weighted by molar-refractivity contribution is 0.592. The molecule has 0 saturated heterocycles. The molecular formula is C16H17ClO2S. The topological polar surface area (TPSA) is 34.1 Å². The van der Waals surface area contributed by atoms with E-state index in [4.69, 9.17) is 11.6 Å². The largest absolute Gasteiger partial charge is 0.228 e. The predicted molar refractivity (Wildman–Crippen MR) is 83.7 cm³/mol. The fourth-order valence-electron chi connectivity index (χ4n) is 2.07. The van der Waals surface area contributed by atoms with Crippen molar-refractivity contribution >= 4 is 21.4 Å². The van der Waals surface area contributed by atoms with Gasteiger partial charge in [0.1, 0.15) is 0 Å². The van der Waals surface area contributed by atoms with Crippen LogP contribution >= 0.6 is 11.6 Å². The number of hydrogen-bond donors (Lipinski definition) is 0. The lowest BCUT2D eigenvalue weighted by Gasteiger charge is -2.06. The van der Waals surface area contributed by atoms with Crippen LogP contribution in [0.25, 0.3) is 0 Å². The van der Waals surface area contributed by atoms with Gasteiger partial charge in [-0.2, -0.15) is 0 Å². The summed E-state index contributed by atoms with van der Waals surface area (Å²) in [4.78, 5) is 0.